The Morgan fingerprint density at radius 1 is 1.22 bits per heavy atom. The van der Waals surface area contributed by atoms with E-state index in [1.165, 1.54) is 12.1 Å². The van der Waals surface area contributed by atoms with Gasteiger partial charge in [-0.2, -0.15) is 0 Å². The maximum absolute atomic E-state index is 11.9. The second-order valence-electron chi connectivity index (χ2n) is 5.11. The third-order valence-corrected chi connectivity index (χ3v) is 4.01. The van der Waals surface area contributed by atoms with Crippen LogP contribution in [0.1, 0.15) is 10.5 Å². The van der Waals surface area contributed by atoms with Crippen LogP contribution >= 0.6 is 11.6 Å². The van der Waals surface area contributed by atoms with Gasteiger partial charge in [0.2, 0.25) is 0 Å². The fourth-order valence-corrected chi connectivity index (χ4v) is 2.87. The smallest absolute Gasteiger partial charge is 0.270 e. The Morgan fingerprint density at radius 2 is 1.87 bits per heavy atom. The summed E-state index contributed by atoms with van der Waals surface area (Å²) in [4.78, 5) is 22.5. The molecule has 7 heteroatoms. The fourth-order valence-electron chi connectivity index (χ4n) is 2.74. The summed E-state index contributed by atoms with van der Waals surface area (Å²) in [6.07, 6.45) is 0. The van der Waals surface area contributed by atoms with Crippen molar-refractivity contribution in [3.63, 3.8) is 0 Å². The molecule has 3 rings (SSSR count). The highest BCUT2D eigenvalue weighted by Crippen LogP contribution is 2.36. The van der Waals surface area contributed by atoms with Crippen LogP contribution in [0, 0.1) is 10.1 Å². The van der Waals surface area contributed by atoms with Crippen molar-refractivity contribution in [2.45, 2.75) is 0 Å². The first-order chi connectivity index (χ1) is 10.9. The van der Waals surface area contributed by atoms with Crippen molar-refractivity contribution in [2.75, 3.05) is 0 Å². The highest BCUT2D eigenvalue weighted by molar-refractivity contribution is 6.30. The summed E-state index contributed by atoms with van der Waals surface area (Å²) < 4.78 is 1.64. The summed E-state index contributed by atoms with van der Waals surface area (Å²) >= 11 is 5.91. The minimum absolute atomic E-state index is 0.0469. The minimum Gasteiger partial charge on any atom is -0.364 e. The number of nitro groups is 1. The normalized spacial score (nSPS) is 10.9. The van der Waals surface area contributed by atoms with E-state index in [9.17, 15) is 14.9 Å². The van der Waals surface area contributed by atoms with Crippen molar-refractivity contribution in [1.82, 2.24) is 4.57 Å². The number of hydrogen-bond acceptors (Lipinski definition) is 3. The lowest BCUT2D eigenvalue weighted by atomic mass is 10.0. The van der Waals surface area contributed by atoms with Crippen LogP contribution in [0.25, 0.3) is 22.0 Å². The molecule has 0 saturated heterocycles. The van der Waals surface area contributed by atoms with Gasteiger partial charge in [0, 0.05) is 40.7 Å². The summed E-state index contributed by atoms with van der Waals surface area (Å²) in [5.41, 5.74) is 7.74. The Labute approximate surface area is 136 Å². The molecule has 0 unspecified atom stereocenters. The van der Waals surface area contributed by atoms with E-state index in [2.05, 4.69) is 0 Å². The minimum atomic E-state index is -0.601. The van der Waals surface area contributed by atoms with Crippen molar-refractivity contribution >= 4 is 34.1 Å². The Bertz CT molecular complexity index is 945. The van der Waals surface area contributed by atoms with E-state index < -0.39 is 10.8 Å². The summed E-state index contributed by atoms with van der Waals surface area (Å²) in [5, 5.41) is 12.2. The average molecular weight is 330 g/mol. The molecule has 0 aliphatic carbocycles. The molecule has 3 aromatic rings. The van der Waals surface area contributed by atoms with Gasteiger partial charge in [0.15, 0.2) is 0 Å². The number of halogens is 1. The first kappa shape index (κ1) is 15.1. The van der Waals surface area contributed by atoms with Gasteiger partial charge in [0.1, 0.15) is 5.69 Å². The standard InChI is InChI=1S/C16H12ClN3O3/c1-19-13-7-6-11(20(22)23)8-12(13)14(15(19)16(18)21)9-2-4-10(17)5-3-9/h2-8H,1H3,(H2,18,21). The SMILES string of the molecule is Cn1c(C(N)=O)c(-c2ccc(Cl)cc2)c2cc([N+](=O)[O-])ccc21. The molecular formula is C16H12ClN3O3. The number of nitrogens with two attached hydrogens (primary N) is 1. The molecule has 1 aromatic heterocycles. The van der Waals surface area contributed by atoms with Crippen LogP contribution in [0.5, 0.6) is 0 Å². The number of amides is 1. The predicted molar refractivity (Wildman–Crippen MR) is 88.5 cm³/mol. The second-order valence-corrected chi connectivity index (χ2v) is 5.55. The molecule has 2 aromatic carbocycles. The lowest BCUT2D eigenvalue weighted by Gasteiger charge is -2.04. The quantitative estimate of drug-likeness (QED) is 0.588. The summed E-state index contributed by atoms with van der Waals surface area (Å²) in [5.74, 6) is -0.601. The van der Waals surface area contributed by atoms with Crippen molar-refractivity contribution < 1.29 is 9.72 Å². The molecule has 0 radical (unpaired) electrons. The number of benzene rings is 2. The molecule has 0 aliphatic rings. The number of hydrogen-bond donors (Lipinski definition) is 1. The van der Waals surface area contributed by atoms with Crippen molar-refractivity contribution in [1.29, 1.82) is 0 Å². The van der Waals surface area contributed by atoms with Crippen LogP contribution in [0.4, 0.5) is 5.69 Å². The molecule has 1 amide bonds. The number of aryl methyl sites for hydroxylation is 1. The van der Waals surface area contributed by atoms with Gasteiger partial charge < -0.3 is 10.3 Å². The molecule has 6 nitrogen and oxygen atoms in total. The Morgan fingerprint density at radius 3 is 2.43 bits per heavy atom. The van der Waals surface area contributed by atoms with E-state index >= 15 is 0 Å². The molecule has 116 valence electrons. The van der Waals surface area contributed by atoms with Crippen molar-refractivity contribution in [3.05, 3.63) is 63.3 Å². The highest BCUT2D eigenvalue weighted by atomic mass is 35.5. The molecule has 0 saturated carbocycles. The summed E-state index contributed by atoms with van der Waals surface area (Å²) in [6.45, 7) is 0. The van der Waals surface area contributed by atoms with E-state index in [4.69, 9.17) is 17.3 Å². The van der Waals surface area contributed by atoms with Gasteiger partial charge in [-0.25, -0.2) is 0 Å². The third-order valence-electron chi connectivity index (χ3n) is 3.76. The van der Waals surface area contributed by atoms with Crippen LogP contribution < -0.4 is 5.73 Å². The molecule has 2 N–H and O–H groups in total. The topological polar surface area (TPSA) is 91.2 Å². The number of carbonyl (C=O) groups excluding carboxylic acids is 1. The number of aromatic nitrogens is 1. The van der Waals surface area contributed by atoms with Gasteiger partial charge in [-0.05, 0) is 23.8 Å². The monoisotopic (exact) mass is 329 g/mol. The molecule has 0 spiro atoms. The number of rotatable bonds is 3. The molecule has 0 bridgehead atoms. The van der Waals surface area contributed by atoms with Crippen LogP contribution in [-0.4, -0.2) is 15.4 Å². The fraction of sp³-hybridized carbons (Fsp3) is 0.0625. The number of primary amides is 1. The molecule has 0 fully saturated rings. The average Bonchev–Trinajstić information content (AvgIpc) is 2.81. The highest BCUT2D eigenvalue weighted by Gasteiger charge is 2.22. The Hall–Kier alpha value is -2.86. The van der Waals surface area contributed by atoms with Gasteiger partial charge in [-0.1, -0.05) is 23.7 Å². The molecule has 0 atom stereocenters. The number of non-ortho nitro benzene ring substituents is 1. The van der Waals surface area contributed by atoms with Crippen LogP contribution in [0.3, 0.4) is 0 Å². The summed E-state index contributed by atoms with van der Waals surface area (Å²) in [7, 11) is 1.70. The Kier molecular flexibility index (Phi) is 3.54. The van der Waals surface area contributed by atoms with Gasteiger partial charge >= 0.3 is 0 Å². The van der Waals surface area contributed by atoms with E-state index in [0.717, 1.165) is 0 Å². The van der Waals surface area contributed by atoms with E-state index in [1.54, 1.807) is 41.9 Å². The lowest BCUT2D eigenvalue weighted by molar-refractivity contribution is -0.384. The molecule has 0 aliphatic heterocycles. The zero-order valence-corrected chi connectivity index (χ0v) is 12.9. The number of fused-ring (bicyclic) bond motifs is 1. The van der Waals surface area contributed by atoms with Crippen LogP contribution in [-0.2, 0) is 7.05 Å². The lowest BCUT2D eigenvalue weighted by Crippen LogP contribution is -2.16. The second kappa shape index (κ2) is 5.40. The van der Waals surface area contributed by atoms with E-state index in [-0.39, 0.29) is 5.69 Å². The molecule has 23 heavy (non-hydrogen) atoms. The molecular weight excluding hydrogens is 318 g/mol. The maximum atomic E-state index is 11.9. The number of carbonyl (C=O) groups is 1. The van der Waals surface area contributed by atoms with E-state index in [0.29, 0.717) is 32.7 Å². The zero-order chi connectivity index (χ0) is 16.7. The first-order valence-corrected chi connectivity index (χ1v) is 7.10. The van der Waals surface area contributed by atoms with Crippen LogP contribution in [0.15, 0.2) is 42.5 Å². The third kappa shape index (κ3) is 2.43. The van der Waals surface area contributed by atoms with Gasteiger partial charge in [0.05, 0.1) is 4.92 Å². The van der Waals surface area contributed by atoms with Gasteiger partial charge in [-0.3, -0.25) is 14.9 Å². The first-order valence-electron chi connectivity index (χ1n) is 6.72. The van der Waals surface area contributed by atoms with Crippen molar-refractivity contribution in [3.8, 4) is 11.1 Å². The van der Waals surface area contributed by atoms with Gasteiger partial charge in [0.25, 0.3) is 11.6 Å². The largest absolute Gasteiger partial charge is 0.364 e. The van der Waals surface area contributed by atoms with Gasteiger partial charge in [-0.15, -0.1) is 0 Å². The van der Waals surface area contributed by atoms with Crippen LogP contribution in [0.2, 0.25) is 5.02 Å². The molecule has 1 heterocycles. The number of nitro benzene ring substituents is 1. The number of nitrogens with zero attached hydrogens (tertiary/aromatic N) is 2. The summed E-state index contributed by atoms with van der Waals surface area (Å²) in [6, 6.07) is 11.4. The predicted octanol–water partition coefficient (Wildman–Crippen LogP) is 3.51. The zero-order valence-electron chi connectivity index (χ0n) is 12.1. The maximum Gasteiger partial charge on any atom is 0.270 e. The Balaban J connectivity index is 2.42. The van der Waals surface area contributed by atoms with E-state index in [1.807, 2.05) is 0 Å². The van der Waals surface area contributed by atoms with Crippen molar-refractivity contribution in [2.24, 2.45) is 12.8 Å².